The molecule has 0 aliphatic heterocycles. The summed E-state index contributed by atoms with van der Waals surface area (Å²) in [5.74, 6) is -0.170. The molecule has 118 valence electrons. The van der Waals surface area contributed by atoms with E-state index >= 15 is 0 Å². The summed E-state index contributed by atoms with van der Waals surface area (Å²) in [4.78, 5) is 12.0. The highest BCUT2D eigenvalue weighted by Crippen LogP contribution is 2.20. The highest BCUT2D eigenvalue weighted by molar-refractivity contribution is 5.92. The summed E-state index contributed by atoms with van der Waals surface area (Å²) in [6.45, 7) is 4.76. The summed E-state index contributed by atoms with van der Waals surface area (Å²) in [6, 6.07) is 11.4. The molecule has 22 heavy (non-hydrogen) atoms. The van der Waals surface area contributed by atoms with Crippen molar-refractivity contribution in [2.24, 2.45) is 5.41 Å². The summed E-state index contributed by atoms with van der Waals surface area (Å²) < 4.78 is 1.68. The third-order valence-electron chi connectivity index (χ3n) is 3.59. The lowest BCUT2D eigenvalue weighted by Gasteiger charge is -2.21. The first kappa shape index (κ1) is 16.2. The topological polar surface area (TPSA) is 67.2 Å². The van der Waals surface area contributed by atoms with Gasteiger partial charge in [-0.15, -0.1) is 0 Å². The van der Waals surface area contributed by atoms with E-state index in [1.165, 1.54) is 0 Å². The minimum Gasteiger partial charge on any atom is -0.396 e. The molecule has 0 saturated heterocycles. The quantitative estimate of drug-likeness (QED) is 0.772. The molecule has 0 atom stereocenters. The monoisotopic (exact) mass is 301 g/mol. The van der Waals surface area contributed by atoms with E-state index in [4.69, 9.17) is 0 Å². The molecule has 1 heterocycles. The zero-order valence-corrected chi connectivity index (χ0v) is 13.1. The van der Waals surface area contributed by atoms with Gasteiger partial charge in [0.15, 0.2) is 5.69 Å². The first-order valence-electron chi connectivity index (χ1n) is 7.52. The third kappa shape index (κ3) is 4.43. The molecular weight excluding hydrogens is 278 g/mol. The zero-order chi connectivity index (χ0) is 16.0. The Balaban J connectivity index is 1.85. The average Bonchev–Trinajstić information content (AvgIpc) is 3.02. The van der Waals surface area contributed by atoms with E-state index in [0.29, 0.717) is 12.2 Å². The van der Waals surface area contributed by atoms with E-state index in [-0.39, 0.29) is 17.9 Å². The molecule has 2 N–H and O–H groups in total. The molecule has 0 aliphatic rings. The van der Waals surface area contributed by atoms with Crippen molar-refractivity contribution in [3.05, 3.63) is 48.3 Å². The van der Waals surface area contributed by atoms with Crippen LogP contribution in [0.3, 0.4) is 0 Å². The number of carbonyl (C=O) groups excluding carboxylic acids is 1. The summed E-state index contributed by atoms with van der Waals surface area (Å²) >= 11 is 0. The smallest absolute Gasteiger partial charge is 0.271 e. The number of nitrogens with zero attached hydrogens (tertiary/aromatic N) is 2. The predicted octanol–water partition coefficient (Wildman–Crippen LogP) is 2.40. The second-order valence-electron chi connectivity index (χ2n) is 6.16. The summed E-state index contributed by atoms with van der Waals surface area (Å²) in [7, 11) is 0. The van der Waals surface area contributed by atoms with Gasteiger partial charge >= 0.3 is 0 Å². The van der Waals surface area contributed by atoms with E-state index in [2.05, 4.69) is 10.4 Å². The number of para-hydroxylation sites is 1. The second kappa shape index (κ2) is 7.22. The second-order valence-corrected chi connectivity index (χ2v) is 6.16. The maximum absolute atomic E-state index is 12.0. The van der Waals surface area contributed by atoms with Crippen LogP contribution in [0.25, 0.3) is 5.69 Å². The van der Waals surface area contributed by atoms with Gasteiger partial charge in [0, 0.05) is 19.3 Å². The van der Waals surface area contributed by atoms with E-state index in [0.717, 1.165) is 18.5 Å². The fourth-order valence-electron chi connectivity index (χ4n) is 2.11. The van der Waals surface area contributed by atoms with Crippen LogP contribution in [0, 0.1) is 5.41 Å². The molecule has 1 amide bonds. The van der Waals surface area contributed by atoms with Crippen LogP contribution in [-0.2, 0) is 0 Å². The summed E-state index contributed by atoms with van der Waals surface area (Å²) in [5.41, 5.74) is 1.23. The number of hydrogen-bond acceptors (Lipinski definition) is 3. The van der Waals surface area contributed by atoms with Crippen molar-refractivity contribution >= 4 is 5.91 Å². The van der Waals surface area contributed by atoms with Crippen LogP contribution in [0.15, 0.2) is 42.6 Å². The van der Waals surface area contributed by atoms with Gasteiger partial charge in [0.05, 0.1) is 5.69 Å². The van der Waals surface area contributed by atoms with Crippen molar-refractivity contribution in [1.29, 1.82) is 0 Å². The lowest BCUT2D eigenvalue weighted by molar-refractivity contribution is 0.0943. The number of nitrogens with one attached hydrogen (secondary N) is 1. The van der Waals surface area contributed by atoms with E-state index < -0.39 is 0 Å². The van der Waals surface area contributed by atoms with Crippen LogP contribution in [0.1, 0.15) is 37.2 Å². The van der Waals surface area contributed by atoms with Crippen molar-refractivity contribution in [3.8, 4) is 5.69 Å². The number of rotatable bonds is 7. The van der Waals surface area contributed by atoms with Crippen molar-refractivity contribution < 1.29 is 9.90 Å². The lowest BCUT2D eigenvalue weighted by Crippen LogP contribution is -2.26. The Hall–Kier alpha value is -2.14. The van der Waals surface area contributed by atoms with Gasteiger partial charge in [-0.3, -0.25) is 4.79 Å². The molecule has 1 aromatic carbocycles. The molecule has 0 saturated carbocycles. The normalized spacial score (nSPS) is 11.4. The molecule has 0 spiro atoms. The van der Waals surface area contributed by atoms with Crippen LogP contribution in [0.2, 0.25) is 0 Å². The number of aliphatic hydroxyl groups is 1. The number of benzene rings is 1. The molecule has 2 rings (SSSR count). The molecule has 0 bridgehead atoms. The van der Waals surface area contributed by atoms with Crippen LogP contribution < -0.4 is 5.32 Å². The standard InChI is InChI=1S/C17H23N3O2/c1-17(2,13-21)10-6-11-18-16(22)15-9-12-20(19-15)14-7-4-3-5-8-14/h3-5,7-9,12,21H,6,10-11,13H2,1-2H3,(H,18,22). The number of aliphatic hydroxyl groups excluding tert-OH is 1. The fraction of sp³-hybridized carbons (Fsp3) is 0.412. The SMILES string of the molecule is CC(C)(CO)CCCNC(=O)c1ccn(-c2ccccc2)n1. The lowest BCUT2D eigenvalue weighted by atomic mass is 9.89. The zero-order valence-electron chi connectivity index (χ0n) is 13.1. The van der Waals surface area contributed by atoms with Crippen molar-refractivity contribution in [1.82, 2.24) is 15.1 Å². The Morgan fingerprint density at radius 1 is 1.27 bits per heavy atom. The molecule has 0 unspecified atom stereocenters. The molecule has 5 heteroatoms. The van der Waals surface area contributed by atoms with Gasteiger partial charge in [-0.1, -0.05) is 32.0 Å². The third-order valence-corrected chi connectivity index (χ3v) is 3.59. The highest BCUT2D eigenvalue weighted by Gasteiger charge is 2.16. The number of aromatic nitrogens is 2. The van der Waals surface area contributed by atoms with Gasteiger partial charge in [0.2, 0.25) is 0 Å². The Morgan fingerprint density at radius 3 is 2.68 bits per heavy atom. The molecule has 1 aromatic heterocycles. The first-order valence-corrected chi connectivity index (χ1v) is 7.52. The molecule has 0 radical (unpaired) electrons. The fourth-order valence-corrected chi connectivity index (χ4v) is 2.11. The minimum absolute atomic E-state index is 0.0976. The highest BCUT2D eigenvalue weighted by atomic mass is 16.3. The Kier molecular flexibility index (Phi) is 5.33. The van der Waals surface area contributed by atoms with Crippen LogP contribution >= 0.6 is 0 Å². The van der Waals surface area contributed by atoms with Gasteiger partial charge in [0.25, 0.3) is 5.91 Å². The number of amides is 1. The van der Waals surface area contributed by atoms with Crippen LogP contribution in [0.5, 0.6) is 0 Å². The number of carbonyl (C=O) groups is 1. The van der Waals surface area contributed by atoms with E-state index in [1.807, 2.05) is 44.2 Å². The van der Waals surface area contributed by atoms with E-state index in [1.54, 1.807) is 16.9 Å². The predicted molar refractivity (Wildman–Crippen MR) is 86.0 cm³/mol. The Labute approximate surface area is 131 Å². The van der Waals surface area contributed by atoms with Crippen molar-refractivity contribution in [2.45, 2.75) is 26.7 Å². The van der Waals surface area contributed by atoms with Gasteiger partial charge in [-0.05, 0) is 36.5 Å². The molecular formula is C17H23N3O2. The molecule has 2 aromatic rings. The molecule has 5 nitrogen and oxygen atoms in total. The van der Waals surface area contributed by atoms with Gasteiger partial charge in [-0.2, -0.15) is 5.10 Å². The Morgan fingerprint density at radius 2 is 2.00 bits per heavy atom. The van der Waals surface area contributed by atoms with Gasteiger partial charge in [-0.25, -0.2) is 4.68 Å². The van der Waals surface area contributed by atoms with Gasteiger partial charge < -0.3 is 10.4 Å². The van der Waals surface area contributed by atoms with Gasteiger partial charge in [0.1, 0.15) is 0 Å². The first-order chi connectivity index (χ1) is 10.5. The van der Waals surface area contributed by atoms with Crippen molar-refractivity contribution in [2.75, 3.05) is 13.2 Å². The average molecular weight is 301 g/mol. The minimum atomic E-state index is -0.170. The summed E-state index contributed by atoms with van der Waals surface area (Å²) in [6.07, 6.45) is 3.47. The van der Waals surface area contributed by atoms with Crippen molar-refractivity contribution in [3.63, 3.8) is 0 Å². The molecule has 0 aliphatic carbocycles. The largest absolute Gasteiger partial charge is 0.396 e. The van der Waals surface area contributed by atoms with Crippen LogP contribution in [0.4, 0.5) is 0 Å². The maximum Gasteiger partial charge on any atom is 0.271 e. The maximum atomic E-state index is 12.0. The summed E-state index contributed by atoms with van der Waals surface area (Å²) in [5, 5.41) is 16.3. The number of hydrogen-bond donors (Lipinski definition) is 2. The van der Waals surface area contributed by atoms with Crippen LogP contribution in [-0.4, -0.2) is 33.9 Å². The van der Waals surface area contributed by atoms with E-state index in [9.17, 15) is 9.90 Å². The molecule has 0 fully saturated rings. The Bertz CT molecular complexity index is 605.